The Morgan fingerprint density at radius 3 is 1.78 bits per heavy atom. The van der Waals surface area contributed by atoms with E-state index in [1.165, 1.54) is 142 Å². The average molecular weight is 441 g/mol. The molecule has 2 fully saturated rings. The highest BCUT2D eigenvalue weighted by Gasteiger charge is 2.38. The molecule has 0 amide bonds. The summed E-state index contributed by atoms with van der Waals surface area (Å²) in [5.74, 6) is 3.89. The summed E-state index contributed by atoms with van der Waals surface area (Å²) < 4.78 is 0. The molecule has 2 saturated heterocycles. The molecule has 6 atom stereocenters. The van der Waals surface area contributed by atoms with Crippen molar-refractivity contribution in [2.75, 3.05) is 39.3 Å². The summed E-state index contributed by atoms with van der Waals surface area (Å²) in [6, 6.07) is 0. The topological polar surface area (TPSA) is 6.48 Å². The van der Waals surface area contributed by atoms with Crippen LogP contribution < -0.4 is 0 Å². The molecule has 2 unspecified atom stereocenters. The molecule has 0 N–H and O–H groups in total. The van der Waals surface area contributed by atoms with Crippen LogP contribution in [-0.4, -0.2) is 49.1 Å². The van der Waals surface area contributed by atoms with Gasteiger partial charge in [0.25, 0.3) is 0 Å². The van der Waals surface area contributed by atoms with Gasteiger partial charge in [0.1, 0.15) is 0 Å². The van der Waals surface area contributed by atoms with E-state index < -0.39 is 0 Å². The van der Waals surface area contributed by atoms with Crippen molar-refractivity contribution < 1.29 is 0 Å². The molecular formula is C30H52N2. The van der Waals surface area contributed by atoms with Crippen LogP contribution in [-0.2, 0) is 0 Å². The second-order valence-corrected chi connectivity index (χ2v) is 11.6. The zero-order chi connectivity index (χ0) is 21.8. The number of fused-ring (bicyclic) bond motifs is 10. The van der Waals surface area contributed by atoms with E-state index in [0.717, 1.165) is 23.7 Å². The highest BCUT2D eigenvalue weighted by atomic mass is 15.1. The molecule has 0 saturated carbocycles. The molecule has 32 heavy (non-hydrogen) atoms. The normalized spacial score (nSPS) is 40.8. The number of hydrogen-bond acceptors (Lipinski definition) is 2. The molecule has 0 aromatic rings. The summed E-state index contributed by atoms with van der Waals surface area (Å²) in [5, 5.41) is 0. The molecule has 182 valence electrons. The first-order chi connectivity index (χ1) is 15.9. The second kappa shape index (κ2) is 14.0. The van der Waals surface area contributed by atoms with E-state index in [-0.39, 0.29) is 0 Å². The van der Waals surface area contributed by atoms with Crippen molar-refractivity contribution in [2.45, 2.75) is 103 Å². The molecule has 5 aliphatic rings. The Hall–Kier alpha value is -0.600. The molecule has 6 bridgehead atoms. The van der Waals surface area contributed by atoms with E-state index in [4.69, 9.17) is 0 Å². The monoisotopic (exact) mass is 440 g/mol. The Bertz CT molecular complexity index is 567. The third-order valence-electron chi connectivity index (χ3n) is 9.08. The fraction of sp³-hybridized carbons (Fsp3) is 0.867. The van der Waals surface area contributed by atoms with Gasteiger partial charge in [0, 0.05) is 19.6 Å². The van der Waals surface area contributed by atoms with Crippen molar-refractivity contribution >= 4 is 0 Å². The summed E-state index contributed by atoms with van der Waals surface area (Å²) in [6.07, 6.45) is 32.4. The highest BCUT2D eigenvalue weighted by molar-refractivity contribution is 4.91. The first-order valence-electron chi connectivity index (χ1n) is 14.6. The lowest BCUT2D eigenvalue weighted by molar-refractivity contribution is 0.0186. The summed E-state index contributed by atoms with van der Waals surface area (Å²) in [5.41, 5.74) is 0. The average Bonchev–Trinajstić information content (AvgIpc) is 2.80. The van der Waals surface area contributed by atoms with Crippen LogP contribution in [0.25, 0.3) is 0 Å². The van der Waals surface area contributed by atoms with E-state index in [2.05, 4.69) is 34.1 Å². The van der Waals surface area contributed by atoms with Gasteiger partial charge in [-0.25, -0.2) is 0 Å². The molecular weight excluding hydrogens is 388 g/mol. The number of allylic oxidation sites excluding steroid dienone is 4. The summed E-state index contributed by atoms with van der Waals surface area (Å²) in [4.78, 5) is 5.77. The molecule has 0 aromatic carbocycles. The van der Waals surface area contributed by atoms with Gasteiger partial charge in [0.2, 0.25) is 0 Å². The number of piperidine rings is 2. The second-order valence-electron chi connectivity index (χ2n) is 11.6. The van der Waals surface area contributed by atoms with Gasteiger partial charge >= 0.3 is 0 Å². The van der Waals surface area contributed by atoms with Gasteiger partial charge in [-0.15, -0.1) is 0 Å². The maximum atomic E-state index is 2.92. The summed E-state index contributed by atoms with van der Waals surface area (Å²) in [6.45, 7) is 8.28. The Balaban J connectivity index is 1.48. The minimum atomic E-state index is 0.957. The van der Waals surface area contributed by atoms with Gasteiger partial charge in [0.15, 0.2) is 0 Å². The number of nitrogens with zero attached hydrogens (tertiary/aromatic N) is 2. The van der Waals surface area contributed by atoms with Crippen molar-refractivity contribution in [3.05, 3.63) is 24.3 Å². The standard InChI is InChI=1S/C30H52N2/c1-3-7-11-15-20-31-22-19-30-28(25-31)18-14-10-6-2-4-8-12-16-21-32-24-27(17-13-9-5-1)23-29(30)26-32/h1-4,27-30H,5-26H2/b3-1-,4-2-/t27-,28+,29+,30-/m1/s1. The SMILES string of the molecule is C1=C\CCCCN2CC[C@@H]3[C@@H](CCCC/C=C\CCCCN4C[C@H](CCCC/1)C[C@H]3C4)C2. The first kappa shape index (κ1) is 24.5. The Morgan fingerprint density at radius 2 is 1.06 bits per heavy atom. The largest absolute Gasteiger partial charge is 0.303 e. The predicted octanol–water partition coefficient (Wildman–Crippen LogP) is 7.46. The molecule has 5 aliphatic heterocycles. The lowest BCUT2D eigenvalue weighted by atomic mass is 9.69. The van der Waals surface area contributed by atoms with Gasteiger partial charge < -0.3 is 9.80 Å². The lowest BCUT2D eigenvalue weighted by Crippen LogP contribution is -2.49. The van der Waals surface area contributed by atoms with Crippen molar-refractivity contribution in [3.63, 3.8) is 0 Å². The molecule has 0 spiro atoms. The van der Waals surface area contributed by atoms with Gasteiger partial charge in [0.05, 0.1) is 0 Å². The van der Waals surface area contributed by atoms with Crippen LogP contribution >= 0.6 is 0 Å². The molecule has 5 heterocycles. The van der Waals surface area contributed by atoms with Crippen LogP contribution in [0.3, 0.4) is 0 Å². The smallest absolute Gasteiger partial charge is 0.00127 e. The Labute approximate surface area is 199 Å². The van der Waals surface area contributed by atoms with Gasteiger partial charge in [-0.2, -0.15) is 0 Å². The third-order valence-corrected chi connectivity index (χ3v) is 9.08. The molecule has 5 rings (SSSR count). The molecule has 2 heteroatoms. The van der Waals surface area contributed by atoms with Crippen LogP contribution in [0.1, 0.15) is 103 Å². The lowest BCUT2D eigenvalue weighted by Gasteiger charge is -2.47. The number of hydrogen-bond donors (Lipinski definition) is 0. The van der Waals surface area contributed by atoms with Crippen LogP contribution in [0.4, 0.5) is 0 Å². The maximum Gasteiger partial charge on any atom is 0.00127 e. The minimum Gasteiger partial charge on any atom is -0.303 e. The summed E-state index contributed by atoms with van der Waals surface area (Å²) >= 11 is 0. The van der Waals surface area contributed by atoms with Crippen LogP contribution in [0, 0.1) is 23.7 Å². The van der Waals surface area contributed by atoms with Crippen LogP contribution in [0.15, 0.2) is 24.3 Å². The number of rotatable bonds is 0. The maximum absolute atomic E-state index is 2.92. The Kier molecular flexibility index (Phi) is 10.7. The summed E-state index contributed by atoms with van der Waals surface area (Å²) in [7, 11) is 0. The fourth-order valence-corrected chi connectivity index (χ4v) is 7.34. The van der Waals surface area contributed by atoms with Crippen LogP contribution in [0.2, 0.25) is 0 Å². The highest BCUT2D eigenvalue weighted by Crippen LogP contribution is 2.40. The zero-order valence-corrected chi connectivity index (χ0v) is 21.1. The van der Waals surface area contributed by atoms with Gasteiger partial charge in [-0.3, -0.25) is 0 Å². The quantitative estimate of drug-likeness (QED) is 0.361. The Morgan fingerprint density at radius 1 is 0.469 bits per heavy atom. The van der Waals surface area contributed by atoms with E-state index in [0.29, 0.717) is 0 Å². The molecule has 2 nitrogen and oxygen atoms in total. The van der Waals surface area contributed by atoms with Gasteiger partial charge in [-0.1, -0.05) is 37.1 Å². The third kappa shape index (κ3) is 8.01. The van der Waals surface area contributed by atoms with E-state index in [1.54, 1.807) is 0 Å². The van der Waals surface area contributed by atoms with E-state index >= 15 is 0 Å². The van der Waals surface area contributed by atoms with Gasteiger partial charge in [-0.05, 0) is 133 Å². The van der Waals surface area contributed by atoms with Crippen molar-refractivity contribution in [1.29, 1.82) is 0 Å². The van der Waals surface area contributed by atoms with Crippen molar-refractivity contribution in [2.24, 2.45) is 23.7 Å². The molecule has 0 radical (unpaired) electrons. The van der Waals surface area contributed by atoms with E-state index in [9.17, 15) is 0 Å². The predicted molar refractivity (Wildman–Crippen MR) is 139 cm³/mol. The van der Waals surface area contributed by atoms with E-state index in [1.807, 2.05) is 0 Å². The first-order valence-corrected chi connectivity index (χ1v) is 14.6. The van der Waals surface area contributed by atoms with Crippen molar-refractivity contribution in [3.8, 4) is 0 Å². The fourth-order valence-electron chi connectivity index (χ4n) is 7.34. The zero-order valence-electron chi connectivity index (χ0n) is 21.1. The van der Waals surface area contributed by atoms with Crippen molar-refractivity contribution in [1.82, 2.24) is 9.80 Å². The minimum absolute atomic E-state index is 0.957. The molecule has 0 aliphatic carbocycles. The molecule has 0 aromatic heterocycles. The van der Waals surface area contributed by atoms with Crippen LogP contribution in [0.5, 0.6) is 0 Å².